The van der Waals surface area contributed by atoms with E-state index in [2.05, 4.69) is 49.4 Å². The molecule has 1 aromatic carbocycles. The fourth-order valence-electron chi connectivity index (χ4n) is 4.93. The number of piperidine rings is 1. The Morgan fingerprint density at radius 2 is 1.82 bits per heavy atom. The Hall–Kier alpha value is -3.46. The molecule has 2 fully saturated rings. The van der Waals surface area contributed by atoms with Gasteiger partial charge in [-0.2, -0.15) is 0 Å². The predicted octanol–water partition coefficient (Wildman–Crippen LogP) is 2.28. The molecule has 2 aliphatic heterocycles. The van der Waals surface area contributed by atoms with Crippen molar-refractivity contribution in [3.8, 4) is 22.8 Å². The van der Waals surface area contributed by atoms with Crippen LogP contribution in [0.2, 0.25) is 0 Å². The molecule has 3 aromatic rings. The summed E-state index contributed by atoms with van der Waals surface area (Å²) in [6.45, 7) is 3.24. The summed E-state index contributed by atoms with van der Waals surface area (Å²) in [5.74, 6) is 1.98. The normalized spacial score (nSPS) is 17.8. The number of carbonyl (C=O) groups excluding carboxylic acids is 1. The Kier molecular flexibility index (Phi) is 5.49. The second-order valence-electron chi connectivity index (χ2n) is 9.08. The number of H-pyrrole nitrogens is 1. The maximum absolute atomic E-state index is 12.6. The number of nitrogen functional groups attached to an aromatic ring is 1. The third-order valence-electron chi connectivity index (χ3n) is 7.00. The van der Waals surface area contributed by atoms with Gasteiger partial charge in [-0.1, -0.05) is 24.3 Å². The molecule has 33 heavy (non-hydrogen) atoms. The number of carbonyl (C=O) groups is 1. The van der Waals surface area contributed by atoms with Gasteiger partial charge in [0.1, 0.15) is 5.82 Å². The molecule has 9 heteroatoms. The summed E-state index contributed by atoms with van der Waals surface area (Å²) in [5, 5.41) is 3.15. The highest BCUT2D eigenvalue weighted by atomic mass is 16.2. The lowest BCUT2D eigenvalue weighted by molar-refractivity contribution is -0.135. The first kappa shape index (κ1) is 21.4. The molecule has 0 atom stereocenters. The third-order valence-corrected chi connectivity index (χ3v) is 7.00. The van der Waals surface area contributed by atoms with E-state index >= 15 is 0 Å². The lowest BCUT2D eigenvalue weighted by Crippen LogP contribution is -2.44. The average molecular weight is 447 g/mol. The van der Waals surface area contributed by atoms with E-state index in [9.17, 15) is 4.79 Å². The van der Waals surface area contributed by atoms with Gasteiger partial charge in [-0.25, -0.2) is 15.0 Å². The summed E-state index contributed by atoms with van der Waals surface area (Å²) in [6.07, 6.45) is 6.13. The maximum Gasteiger partial charge on any atom is 0.228 e. The first-order chi connectivity index (χ1) is 16.0. The molecule has 0 aliphatic carbocycles. The summed E-state index contributed by atoms with van der Waals surface area (Å²) in [4.78, 5) is 33.7. The highest BCUT2D eigenvalue weighted by Crippen LogP contribution is 2.41. The molecule has 4 heterocycles. The first-order valence-electron chi connectivity index (χ1n) is 11.4. The van der Waals surface area contributed by atoms with E-state index in [-0.39, 0.29) is 11.3 Å². The molecule has 2 aromatic heterocycles. The molecule has 4 N–H and O–H groups in total. The zero-order valence-electron chi connectivity index (χ0n) is 19.1. The molecule has 0 saturated carbocycles. The highest BCUT2D eigenvalue weighted by Gasteiger charge is 2.47. The molecule has 0 bridgehead atoms. The summed E-state index contributed by atoms with van der Waals surface area (Å²) in [6, 6.07) is 8.33. The number of nitrogens with one attached hydrogen (secondary N) is 2. The van der Waals surface area contributed by atoms with Gasteiger partial charge in [0.25, 0.3) is 0 Å². The number of hydrogen-bond donors (Lipinski definition) is 3. The second kappa shape index (κ2) is 8.47. The summed E-state index contributed by atoms with van der Waals surface area (Å²) in [7, 11) is 3.83. The van der Waals surface area contributed by atoms with Crippen molar-refractivity contribution in [2.24, 2.45) is 5.41 Å². The number of anilines is 2. The number of nitrogens with zero attached hydrogens (tertiary/aromatic N) is 5. The van der Waals surface area contributed by atoms with Crippen molar-refractivity contribution in [1.82, 2.24) is 30.2 Å². The van der Waals surface area contributed by atoms with Crippen LogP contribution >= 0.6 is 0 Å². The smallest absolute Gasteiger partial charge is 0.228 e. The SMILES string of the molecule is CNCc1ccc(-c2cnc(-c3nc(N4CCC5(CCN(C)C5=O)CC4)cnc3N)[nH]2)cc1. The van der Waals surface area contributed by atoms with Gasteiger partial charge in [0.2, 0.25) is 5.91 Å². The van der Waals surface area contributed by atoms with Crippen LogP contribution in [0.15, 0.2) is 36.7 Å². The van der Waals surface area contributed by atoms with Gasteiger partial charge in [0.05, 0.1) is 23.5 Å². The summed E-state index contributed by atoms with van der Waals surface area (Å²) >= 11 is 0. The van der Waals surface area contributed by atoms with E-state index in [1.54, 1.807) is 12.4 Å². The maximum atomic E-state index is 12.6. The van der Waals surface area contributed by atoms with Crippen molar-refractivity contribution in [2.75, 3.05) is 44.4 Å². The van der Waals surface area contributed by atoms with Gasteiger partial charge < -0.3 is 25.8 Å². The number of aromatic nitrogens is 4. The van der Waals surface area contributed by atoms with Crippen molar-refractivity contribution < 1.29 is 4.79 Å². The van der Waals surface area contributed by atoms with Gasteiger partial charge in [-0.05, 0) is 37.4 Å². The van der Waals surface area contributed by atoms with Gasteiger partial charge >= 0.3 is 0 Å². The minimum absolute atomic E-state index is 0.200. The molecule has 2 aliphatic rings. The minimum Gasteiger partial charge on any atom is -0.382 e. The van der Waals surface area contributed by atoms with Gasteiger partial charge in [-0.15, -0.1) is 0 Å². The molecule has 5 rings (SSSR count). The Bertz CT molecular complexity index is 1150. The molecular weight excluding hydrogens is 416 g/mol. The zero-order chi connectivity index (χ0) is 23.0. The van der Waals surface area contributed by atoms with Crippen molar-refractivity contribution in [2.45, 2.75) is 25.8 Å². The Morgan fingerprint density at radius 1 is 1.09 bits per heavy atom. The van der Waals surface area contributed by atoms with E-state index in [1.165, 1.54) is 5.56 Å². The van der Waals surface area contributed by atoms with Crippen LogP contribution in [-0.2, 0) is 11.3 Å². The number of imidazole rings is 1. The van der Waals surface area contributed by atoms with E-state index in [0.29, 0.717) is 17.3 Å². The van der Waals surface area contributed by atoms with E-state index in [4.69, 9.17) is 10.7 Å². The van der Waals surface area contributed by atoms with Crippen LogP contribution in [0, 0.1) is 5.41 Å². The molecule has 1 spiro atoms. The van der Waals surface area contributed by atoms with Crippen LogP contribution in [0.1, 0.15) is 24.8 Å². The minimum atomic E-state index is -0.200. The number of amides is 1. The first-order valence-corrected chi connectivity index (χ1v) is 11.4. The van der Waals surface area contributed by atoms with Gasteiger partial charge in [-0.3, -0.25) is 4.79 Å². The van der Waals surface area contributed by atoms with Gasteiger partial charge in [0.15, 0.2) is 17.3 Å². The Labute approximate surface area is 193 Å². The van der Waals surface area contributed by atoms with E-state index in [0.717, 1.165) is 62.5 Å². The lowest BCUT2D eigenvalue weighted by atomic mass is 9.77. The number of rotatable bonds is 5. The van der Waals surface area contributed by atoms with Crippen LogP contribution in [-0.4, -0.2) is 64.5 Å². The Morgan fingerprint density at radius 3 is 2.48 bits per heavy atom. The molecule has 1 amide bonds. The van der Waals surface area contributed by atoms with Crippen molar-refractivity contribution in [3.63, 3.8) is 0 Å². The third kappa shape index (κ3) is 3.93. The fraction of sp³-hybridized carbons (Fsp3) is 0.417. The molecule has 9 nitrogen and oxygen atoms in total. The van der Waals surface area contributed by atoms with Gasteiger partial charge in [0, 0.05) is 33.2 Å². The average Bonchev–Trinajstić information content (AvgIpc) is 3.43. The summed E-state index contributed by atoms with van der Waals surface area (Å²) in [5.41, 5.74) is 9.68. The Balaban J connectivity index is 1.34. The van der Waals surface area contributed by atoms with Crippen molar-refractivity contribution in [1.29, 1.82) is 0 Å². The number of aromatic amines is 1. The quantitative estimate of drug-likeness (QED) is 0.551. The number of nitrogens with two attached hydrogens (primary N) is 1. The largest absolute Gasteiger partial charge is 0.382 e. The fourth-order valence-corrected chi connectivity index (χ4v) is 4.93. The number of benzene rings is 1. The second-order valence-corrected chi connectivity index (χ2v) is 9.08. The van der Waals surface area contributed by atoms with Crippen LogP contribution in [0.3, 0.4) is 0 Å². The molecule has 0 radical (unpaired) electrons. The van der Waals surface area contributed by atoms with E-state index < -0.39 is 0 Å². The van der Waals surface area contributed by atoms with Crippen LogP contribution in [0.5, 0.6) is 0 Å². The van der Waals surface area contributed by atoms with E-state index in [1.807, 2.05) is 19.0 Å². The topological polar surface area (TPSA) is 116 Å². The zero-order valence-corrected chi connectivity index (χ0v) is 19.1. The highest BCUT2D eigenvalue weighted by molar-refractivity contribution is 5.85. The van der Waals surface area contributed by atoms with Crippen LogP contribution in [0.4, 0.5) is 11.6 Å². The van der Waals surface area contributed by atoms with Crippen LogP contribution in [0.25, 0.3) is 22.8 Å². The summed E-state index contributed by atoms with van der Waals surface area (Å²) < 4.78 is 0. The van der Waals surface area contributed by atoms with Crippen molar-refractivity contribution in [3.05, 3.63) is 42.2 Å². The number of hydrogen-bond acceptors (Lipinski definition) is 7. The standard InChI is InChI=1S/C24H30N8O/c1-26-13-16-3-5-17(6-4-16)18-14-28-22(29-18)20-21(25)27-15-19(30-20)32-11-8-24(9-12-32)7-10-31(2)23(24)33/h3-6,14-15,26H,7-13H2,1-2H3,(H2,25,27)(H,28,29). The number of likely N-dealkylation sites (tertiary alicyclic amines) is 1. The molecule has 2 saturated heterocycles. The lowest BCUT2D eigenvalue weighted by Gasteiger charge is -2.38. The van der Waals surface area contributed by atoms with Crippen LogP contribution < -0.4 is 16.0 Å². The monoisotopic (exact) mass is 446 g/mol. The van der Waals surface area contributed by atoms with Crippen molar-refractivity contribution >= 4 is 17.5 Å². The molecule has 172 valence electrons. The predicted molar refractivity (Wildman–Crippen MR) is 128 cm³/mol. The molecule has 0 unspecified atom stereocenters. The molecular formula is C24H30N8O.